The van der Waals surface area contributed by atoms with Crippen LogP contribution in [0.2, 0.25) is 5.15 Å². The molecule has 156 valence electrons. The molecule has 0 bridgehead atoms. The fourth-order valence-corrected chi connectivity index (χ4v) is 3.31. The highest BCUT2D eigenvalue weighted by molar-refractivity contribution is 6.31. The first-order valence-electron chi connectivity index (χ1n) is 8.92. The predicted molar refractivity (Wildman–Crippen MR) is 113 cm³/mol. The topological polar surface area (TPSA) is 159 Å². The van der Waals surface area contributed by atoms with Gasteiger partial charge < -0.3 is 27.8 Å². The molecule has 2 amide bonds. The third-order valence-corrected chi connectivity index (χ3v) is 4.51. The van der Waals surface area contributed by atoms with Gasteiger partial charge >= 0.3 is 0 Å². The van der Waals surface area contributed by atoms with Gasteiger partial charge in [0.2, 0.25) is 11.8 Å². The number of nitrogens with zero attached hydrogens (tertiary/aromatic N) is 3. The van der Waals surface area contributed by atoms with Crippen molar-refractivity contribution in [2.75, 3.05) is 14.1 Å². The predicted octanol–water partition coefficient (Wildman–Crippen LogP) is 0.506. The Morgan fingerprint density at radius 3 is 2.24 bits per heavy atom. The minimum Gasteiger partial charge on any atom is -0.383 e. The quantitative estimate of drug-likeness (QED) is 0.463. The minimum atomic E-state index is -0.807. The summed E-state index contributed by atoms with van der Waals surface area (Å²) in [4.78, 5) is 24.7. The molecular formula is C19H26ClN7O2. The van der Waals surface area contributed by atoms with Gasteiger partial charge in [-0.3, -0.25) is 9.59 Å². The Kier molecular flexibility index (Phi) is 7.38. The van der Waals surface area contributed by atoms with Crippen molar-refractivity contribution in [3.63, 3.8) is 0 Å². The molecule has 9 nitrogen and oxygen atoms in total. The molecular weight excluding hydrogens is 394 g/mol. The molecule has 2 rings (SSSR count). The number of para-hydroxylation sites is 1. The van der Waals surface area contributed by atoms with Gasteiger partial charge in [0, 0.05) is 56.4 Å². The first kappa shape index (κ1) is 22.4. The van der Waals surface area contributed by atoms with Crippen molar-refractivity contribution in [3.05, 3.63) is 52.9 Å². The largest absolute Gasteiger partial charge is 0.383 e. The average Bonchev–Trinajstić information content (AvgIpc) is 2.96. The number of amides is 2. The van der Waals surface area contributed by atoms with Gasteiger partial charge in [-0.25, -0.2) is 4.68 Å². The number of halogens is 1. The van der Waals surface area contributed by atoms with Crippen molar-refractivity contribution in [2.24, 2.45) is 22.9 Å². The Balaban J connectivity index is 2.71. The zero-order valence-corrected chi connectivity index (χ0v) is 17.1. The average molecular weight is 420 g/mol. The molecule has 0 saturated carbocycles. The van der Waals surface area contributed by atoms with Crippen molar-refractivity contribution in [1.29, 1.82) is 0 Å². The first-order valence-corrected chi connectivity index (χ1v) is 9.29. The first-order chi connectivity index (χ1) is 13.6. The minimum absolute atomic E-state index is 0.0972. The maximum absolute atomic E-state index is 11.5. The number of hydrogen-bond acceptors (Lipinski definition) is 6. The van der Waals surface area contributed by atoms with Crippen LogP contribution in [0.15, 0.2) is 36.5 Å². The lowest BCUT2D eigenvalue weighted by Gasteiger charge is -2.19. The third kappa shape index (κ3) is 5.57. The second kappa shape index (κ2) is 9.55. The van der Waals surface area contributed by atoms with E-state index in [1.54, 1.807) is 25.2 Å². The SMILES string of the molecule is CN(C)/C=C(/c1nn(-c2ccccc2)c(Cl)c1C(N)CC(N)=O)C(N)CC(N)=O. The molecule has 0 aliphatic rings. The third-order valence-electron chi connectivity index (χ3n) is 4.15. The molecule has 29 heavy (non-hydrogen) atoms. The summed E-state index contributed by atoms with van der Waals surface area (Å²) in [7, 11) is 3.60. The molecule has 2 aromatic rings. The Morgan fingerprint density at radius 1 is 1.14 bits per heavy atom. The van der Waals surface area contributed by atoms with E-state index in [0.29, 0.717) is 22.5 Å². The highest BCUT2D eigenvalue weighted by atomic mass is 35.5. The molecule has 0 radical (unpaired) electrons. The lowest BCUT2D eigenvalue weighted by molar-refractivity contribution is -0.119. The molecule has 2 atom stereocenters. The van der Waals surface area contributed by atoms with E-state index in [2.05, 4.69) is 5.10 Å². The summed E-state index contributed by atoms with van der Waals surface area (Å²) in [6.07, 6.45) is 1.50. The van der Waals surface area contributed by atoms with Gasteiger partial charge in [-0.2, -0.15) is 5.10 Å². The molecule has 8 N–H and O–H groups in total. The molecule has 2 unspecified atom stereocenters. The lowest BCUT2D eigenvalue weighted by Crippen LogP contribution is -2.30. The molecule has 10 heteroatoms. The van der Waals surface area contributed by atoms with E-state index in [-0.39, 0.29) is 18.0 Å². The smallest absolute Gasteiger partial charge is 0.219 e. The Morgan fingerprint density at radius 2 is 1.72 bits per heavy atom. The van der Waals surface area contributed by atoms with Crippen LogP contribution in [0, 0.1) is 0 Å². The molecule has 0 saturated heterocycles. The maximum Gasteiger partial charge on any atom is 0.219 e. The van der Waals surface area contributed by atoms with Crippen molar-refractivity contribution >= 4 is 29.0 Å². The number of primary amides is 2. The van der Waals surface area contributed by atoms with Gasteiger partial charge in [-0.1, -0.05) is 29.8 Å². The second-order valence-electron chi connectivity index (χ2n) is 6.90. The number of carbonyl (C=O) groups excluding carboxylic acids is 2. The summed E-state index contributed by atoms with van der Waals surface area (Å²) in [5, 5.41) is 4.85. The Labute approximate surface area is 174 Å². The van der Waals surface area contributed by atoms with E-state index >= 15 is 0 Å². The normalized spacial score (nSPS) is 13.8. The number of benzene rings is 1. The molecule has 1 aromatic carbocycles. The molecule has 1 aromatic heterocycles. The van der Waals surface area contributed by atoms with Crippen molar-refractivity contribution in [3.8, 4) is 5.69 Å². The van der Waals surface area contributed by atoms with Gasteiger partial charge in [-0.05, 0) is 12.1 Å². The van der Waals surface area contributed by atoms with Crippen LogP contribution in [-0.2, 0) is 9.59 Å². The van der Waals surface area contributed by atoms with Crippen molar-refractivity contribution in [1.82, 2.24) is 14.7 Å². The van der Waals surface area contributed by atoms with Gasteiger partial charge in [0.05, 0.1) is 11.4 Å². The Hall–Kier alpha value is -2.88. The fourth-order valence-electron chi connectivity index (χ4n) is 2.95. The fraction of sp³-hybridized carbons (Fsp3) is 0.316. The summed E-state index contributed by atoms with van der Waals surface area (Å²) in [5.41, 5.74) is 25.2. The van der Waals surface area contributed by atoms with Crippen LogP contribution in [0.3, 0.4) is 0 Å². The standard InChI is InChI=1S/C19H26ClN7O2/c1-26(2)10-12(13(21)8-15(23)28)18-17(14(22)9-16(24)29)19(20)27(25-18)11-6-4-3-5-7-11/h3-7,10,13-14H,8-9,21-22H2,1-2H3,(H2,23,28)(H2,24,29)/b12-10+. The van der Waals surface area contributed by atoms with Crippen molar-refractivity contribution in [2.45, 2.75) is 24.9 Å². The van der Waals surface area contributed by atoms with E-state index < -0.39 is 23.9 Å². The zero-order chi connectivity index (χ0) is 21.7. The van der Waals surface area contributed by atoms with E-state index in [1.807, 2.05) is 30.3 Å². The van der Waals surface area contributed by atoms with Crippen LogP contribution in [0.5, 0.6) is 0 Å². The summed E-state index contributed by atoms with van der Waals surface area (Å²) in [6, 6.07) is 7.64. The molecule has 1 heterocycles. The number of aromatic nitrogens is 2. The van der Waals surface area contributed by atoms with Crippen LogP contribution in [-0.4, -0.2) is 46.6 Å². The highest BCUT2D eigenvalue weighted by Crippen LogP contribution is 2.34. The molecule has 0 spiro atoms. The van der Waals surface area contributed by atoms with Crippen molar-refractivity contribution < 1.29 is 9.59 Å². The van der Waals surface area contributed by atoms with Gasteiger partial charge in [0.1, 0.15) is 5.15 Å². The summed E-state index contributed by atoms with van der Waals surface area (Å²) < 4.78 is 1.51. The Bertz CT molecular complexity index is 909. The summed E-state index contributed by atoms with van der Waals surface area (Å²) >= 11 is 6.63. The number of carbonyl (C=O) groups is 2. The monoisotopic (exact) mass is 419 g/mol. The second-order valence-corrected chi connectivity index (χ2v) is 7.26. The maximum atomic E-state index is 11.5. The number of rotatable bonds is 9. The van der Waals surface area contributed by atoms with Crippen LogP contribution >= 0.6 is 11.6 Å². The highest BCUT2D eigenvalue weighted by Gasteiger charge is 2.28. The van der Waals surface area contributed by atoms with Gasteiger partial charge in [0.15, 0.2) is 0 Å². The van der Waals surface area contributed by atoms with Gasteiger partial charge in [-0.15, -0.1) is 0 Å². The number of hydrogen-bond donors (Lipinski definition) is 4. The van der Waals surface area contributed by atoms with Crippen LogP contribution in [0.1, 0.15) is 30.1 Å². The molecule has 0 aliphatic carbocycles. The van der Waals surface area contributed by atoms with Crippen LogP contribution < -0.4 is 22.9 Å². The lowest BCUT2D eigenvalue weighted by atomic mass is 9.95. The van der Waals surface area contributed by atoms with Crippen LogP contribution in [0.25, 0.3) is 11.3 Å². The molecule has 0 fully saturated rings. The number of nitrogens with two attached hydrogens (primary N) is 4. The summed E-state index contributed by atoms with van der Waals surface area (Å²) in [5.74, 6) is -1.13. The van der Waals surface area contributed by atoms with E-state index in [1.165, 1.54) is 4.68 Å². The van der Waals surface area contributed by atoms with E-state index in [0.717, 1.165) is 0 Å². The van der Waals surface area contributed by atoms with Crippen LogP contribution in [0.4, 0.5) is 0 Å². The zero-order valence-electron chi connectivity index (χ0n) is 16.4. The van der Waals surface area contributed by atoms with Gasteiger partial charge in [0.25, 0.3) is 0 Å². The van der Waals surface area contributed by atoms with E-state index in [9.17, 15) is 9.59 Å². The van der Waals surface area contributed by atoms with E-state index in [4.69, 9.17) is 34.5 Å². The summed E-state index contributed by atoms with van der Waals surface area (Å²) in [6.45, 7) is 0. The molecule has 0 aliphatic heterocycles.